The Morgan fingerprint density at radius 3 is 1.72 bits per heavy atom. The second kappa shape index (κ2) is 14.8. The maximum absolute atomic E-state index is 11.3. The number of likely N-dealkylation sites (N-methyl/N-ethyl adjacent to an activating group) is 1. The topological polar surface area (TPSA) is 65.6 Å². The van der Waals surface area contributed by atoms with Crippen molar-refractivity contribution < 1.29 is 19.1 Å². The van der Waals surface area contributed by atoms with Crippen molar-refractivity contribution in [2.75, 3.05) is 59.0 Å². The summed E-state index contributed by atoms with van der Waals surface area (Å²) in [5, 5.41) is 1.94. The van der Waals surface area contributed by atoms with Crippen LogP contribution >= 0.6 is 46.4 Å². The SMILES string of the molecule is CCN1/C(=C/C=C/C2N(CC)c3cc(Cl)c(Cl)cc3N2CCCOC(C)=O)N(CCCOC(C)=O)c2cc(Cl)c(Cl)cc21. The Labute approximate surface area is 273 Å². The zero-order valence-corrected chi connectivity index (χ0v) is 27.7. The molecule has 0 bridgehead atoms. The largest absolute Gasteiger partial charge is 0.466 e. The smallest absolute Gasteiger partial charge is 0.302 e. The Morgan fingerprint density at radius 1 is 0.721 bits per heavy atom. The predicted molar refractivity (Wildman–Crippen MR) is 177 cm³/mol. The van der Waals surface area contributed by atoms with Crippen molar-refractivity contribution in [3.8, 4) is 0 Å². The van der Waals surface area contributed by atoms with E-state index in [-0.39, 0.29) is 18.1 Å². The summed E-state index contributed by atoms with van der Waals surface area (Å²) in [6.45, 7) is 10.3. The van der Waals surface area contributed by atoms with Crippen LogP contribution in [0.2, 0.25) is 20.1 Å². The van der Waals surface area contributed by atoms with E-state index < -0.39 is 0 Å². The highest BCUT2D eigenvalue weighted by Crippen LogP contribution is 2.46. The van der Waals surface area contributed by atoms with Crippen LogP contribution in [0.15, 0.2) is 48.3 Å². The average molecular weight is 670 g/mol. The molecule has 0 spiro atoms. The second-order valence-electron chi connectivity index (χ2n) is 10.1. The van der Waals surface area contributed by atoms with Gasteiger partial charge in [-0.05, 0) is 63.1 Å². The molecule has 0 aliphatic carbocycles. The number of anilines is 4. The highest BCUT2D eigenvalue weighted by Gasteiger charge is 2.35. The van der Waals surface area contributed by atoms with Gasteiger partial charge in [-0.3, -0.25) is 9.59 Å². The Morgan fingerprint density at radius 2 is 1.21 bits per heavy atom. The van der Waals surface area contributed by atoms with Crippen molar-refractivity contribution in [1.29, 1.82) is 0 Å². The number of rotatable bonds is 12. The van der Waals surface area contributed by atoms with Gasteiger partial charge in [-0.1, -0.05) is 52.5 Å². The second-order valence-corrected chi connectivity index (χ2v) is 11.7. The monoisotopic (exact) mass is 668 g/mol. The van der Waals surface area contributed by atoms with Crippen LogP contribution in [0.25, 0.3) is 0 Å². The zero-order chi connectivity index (χ0) is 31.3. The van der Waals surface area contributed by atoms with Gasteiger partial charge >= 0.3 is 11.9 Å². The summed E-state index contributed by atoms with van der Waals surface area (Å²) < 4.78 is 10.4. The molecule has 4 rings (SSSR count). The maximum Gasteiger partial charge on any atom is 0.302 e. The van der Waals surface area contributed by atoms with Gasteiger partial charge in [0.1, 0.15) is 12.0 Å². The van der Waals surface area contributed by atoms with Gasteiger partial charge in [-0.25, -0.2) is 0 Å². The molecule has 0 aromatic heterocycles. The standard InChI is InChI=1S/C31H36Cl4N4O4/c1-5-36-26-16-22(32)24(34)18-28(26)38(12-8-14-42-20(3)40)30(36)10-7-11-31-37(6-2)27-17-23(33)25(35)19-29(27)39(31)13-9-15-43-21(4)41/h7,10-11,16-19,30H,5-6,8-9,12-15H2,1-4H3/b10-7+,31-11-. The molecule has 2 aromatic rings. The molecule has 232 valence electrons. The molecule has 0 saturated carbocycles. The van der Waals surface area contributed by atoms with Gasteiger partial charge in [0.2, 0.25) is 0 Å². The number of esters is 2. The van der Waals surface area contributed by atoms with Crippen LogP contribution in [0.3, 0.4) is 0 Å². The summed E-state index contributed by atoms with van der Waals surface area (Å²) in [5.74, 6) is 0.359. The van der Waals surface area contributed by atoms with E-state index in [1.165, 1.54) is 13.8 Å². The normalized spacial score (nSPS) is 16.8. The minimum absolute atomic E-state index is 0.121. The van der Waals surface area contributed by atoms with Crippen LogP contribution in [0.5, 0.6) is 0 Å². The van der Waals surface area contributed by atoms with Crippen molar-refractivity contribution in [2.24, 2.45) is 0 Å². The van der Waals surface area contributed by atoms with Gasteiger partial charge in [-0.15, -0.1) is 0 Å². The first kappa shape index (κ1) is 33.1. The molecule has 0 saturated heterocycles. The summed E-state index contributed by atoms with van der Waals surface area (Å²) >= 11 is 25.7. The number of ether oxygens (including phenoxy) is 2. The van der Waals surface area contributed by atoms with Gasteiger partial charge < -0.3 is 29.1 Å². The van der Waals surface area contributed by atoms with Gasteiger partial charge in [0.05, 0.1) is 56.1 Å². The number of allylic oxidation sites excluding steroid dienone is 2. The van der Waals surface area contributed by atoms with E-state index in [0.29, 0.717) is 65.8 Å². The summed E-state index contributed by atoms with van der Waals surface area (Å²) in [4.78, 5) is 31.5. The molecule has 0 fully saturated rings. The number of halogens is 4. The van der Waals surface area contributed by atoms with E-state index in [1.54, 1.807) is 0 Å². The fourth-order valence-corrected chi connectivity index (χ4v) is 6.12. The van der Waals surface area contributed by atoms with Crippen molar-refractivity contribution in [2.45, 2.75) is 46.7 Å². The van der Waals surface area contributed by atoms with Gasteiger partial charge in [0.15, 0.2) is 0 Å². The lowest BCUT2D eigenvalue weighted by molar-refractivity contribution is -0.141. The zero-order valence-electron chi connectivity index (χ0n) is 24.7. The Balaban J connectivity index is 1.66. The lowest BCUT2D eigenvalue weighted by Crippen LogP contribution is -2.42. The number of hydrogen-bond acceptors (Lipinski definition) is 8. The summed E-state index contributed by atoms with van der Waals surface area (Å²) in [7, 11) is 0. The van der Waals surface area contributed by atoms with E-state index in [2.05, 4.69) is 45.6 Å². The molecule has 0 amide bonds. The Hall–Kier alpha value is -2.78. The fraction of sp³-hybridized carbons (Fsp3) is 0.419. The van der Waals surface area contributed by atoms with E-state index in [0.717, 1.165) is 35.1 Å². The molecule has 1 unspecified atom stereocenters. The van der Waals surface area contributed by atoms with Crippen molar-refractivity contribution in [1.82, 2.24) is 0 Å². The van der Waals surface area contributed by atoms with Crippen molar-refractivity contribution in [3.05, 3.63) is 68.4 Å². The summed E-state index contributed by atoms with van der Waals surface area (Å²) in [6.07, 6.45) is 7.43. The van der Waals surface area contributed by atoms with Crippen LogP contribution in [-0.2, 0) is 19.1 Å². The molecule has 2 heterocycles. The molecule has 8 nitrogen and oxygen atoms in total. The van der Waals surface area contributed by atoms with Gasteiger partial charge in [0.25, 0.3) is 0 Å². The molecule has 0 N–H and O–H groups in total. The van der Waals surface area contributed by atoms with Crippen LogP contribution < -0.4 is 19.6 Å². The molecule has 1 atom stereocenters. The van der Waals surface area contributed by atoms with Crippen LogP contribution in [-0.4, -0.2) is 57.5 Å². The third-order valence-corrected chi connectivity index (χ3v) is 8.74. The molecule has 2 aliphatic rings. The third kappa shape index (κ3) is 7.48. The van der Waals surface area contributed by atoms with E-state index in [9.17, 15) is 9.59 Å². The van der Waals surface area contributed by atoms with Crippen LogP contribution in [0.1, 0.15) is 40.5 Å². The lowest BCUT2D eigenvalue weighted by Gasteiger charge is -2.30. The molecule has 2 aromatic carbocycles. The predicted octanol–water partition coefficient (Wildman–Crippen LogP) is 7.92. The first-order chi connectivity index (χ1) is 20.6. The number of carbonyl (C=O) groups is 2. The highest BCUT2D eigenvalue weighted by atomic mass is 35.5. The van der Waals surface area contributed by atoms with Crippen LogP contribution in [0.4, 0.5) is 22.7 Å². The Kier molecular flexibility index (Phi) is 11.4. The lowest BCUT2D eigenvalue weighted by atomic mass is 10.2. The van der Waals surface area contributed by atoms with E-state index >= 15 is 0 Å². The minimum Gasteiger partial charge on any atom is -0.466 e. The Bertz CT molecular complexity index is 1420. The fourth-order valence-electron chi connectivity index (χ4n) is 5.49. The number of carbonyl (C=O) groups excluding carboxylic acids is 2. The number of benzene rings is 2. The molecule has 43 heavy (non-hydrogen) atoms. The molecule has 12 heteroatoms. The first-order valence-corrected chi connectivity index (χ1v) is 15.8. The minimum atomic E-state index is -0.302. The number of fused-ring (bicyclic) bond motifs is 2. The number of hydrogen-bond donors (Lipinski definition) is 0. The van der Waals surface area contributed by atoms with Gasteiger partial charge in [-0.2, -0.15) is 0 Å². The third-order valence-electron chi connectivity index (χ3n) is 7.29. The molecular weight excluding hydrogens is 634 g/mol. The summed E-state index contributed by atoms with van der Waals surface area (Å²) in [5.41, 5.74) is 3.87. The maximum atomic E-state index is 11.3. The van der Waals surface area contributed by atoms with Crippen molar-refractivity contribution >= 4 is 81.1 Å². The molecular formula is C31H36Cl4N4O4. The van der Waals surface area contributed by atoms with E-state index in [1.807, 2.05) is 30.3 Å². The van der Waals surface area contributed by atoms with Crippen molar-refractivity contribution in [3.63, 3.8) is 0 Å². The van der Waals surface area contributed by atoms with Gasteiger partial charge in [0, 0.05) is 40.0 Å². The first-order valence-electron chi connectivity index (χ1n) is 14.3. The average Bonchev–Trinajstić information content (AvgIpc) is 3.39. The molecule has 2 aliphatic heterocycles. The highest BCUT2D eigenvalue weighted by molar-refractivity contribution is 6.43. The summed E-state index contributed by atoms with van der Waals surface area (Å²) in [6, 6.07) is 7.56. The van der Waals surface area contributed by atoms with Crippen LogP contribution in [0, 0.1) is 0 Å². The number of nitrogens with zero attached hydrogens (tertiary/aromatic N) is 4. The van der Waals surface area contributed by atoms with E-state index in [4.69, 9.17) is 55.9 Å². The molecule has 0 radical (unpaired) electrons. The quantitative estimate of drug-likeness (QED) is 0.167.